The predicted octanol–water partition coefficient (Wildman–Crippen LogP) is 2.85. The molecule has 1 atom stereocenters. The summed E-state index contributed by atoms with van der Waals surface area (Å²) in [4.78, 5) is 24.0. The van der Waals surface area contributed by atoms with Gasteiger partial charge in [0.15, 0.2) is 0 Å². The number of anilines is 1. The minimum absolute atomic E-state index is 0. The Labute approximate surface area is 143 Å². The molecule has 0 spiro atoms. The van der Waals surface area contributed by atoms with Gasteiger partial charge >= 0.3 is 5.97 Å². The fourth-order valence-corrected chi connectivity index (χ4v) is 2.68. The zero-order valence-corrected chi connectivity index (χ0v) is 15.0. The molecule has 23 heavy (non-hydrogen) atoms. The summed E-state index contributed by atoms with van der Waals surface area (Å²) in [7, 11) is 0. The Morgan fingerprint density at radius 2 is 2.00 bits per heavy atom. The molecule has 0 aromatic heterocycles. The number of amides is 1. The number of nitrogens with one attached hydrogen (secondary N) is 1. The van der Waals surface area contributed by atoms with E-state index >= 15 is 0 Å². The molecule has 0 saturated heterocycles. The number of carbonyl (C=O) groups excluding carboxylic acids is 2. The van der Waals surface area contributed by atoms with Crippen molar-refractivity contribution >= 4 is 30.0 Å². The highest BCUT2D eigenvalue weighted by molar-refractivity contribution is 5.95. The Hall–Kier alpha value is -1.59. The van der Waals surface area contributed by atoms with Crippen LogP contribution < -0.4 is 11.1 Å². The van der Waals surface area contributed by atoms with Crippen LogP contribution in [0.25, 0.3) is 0 Å². The number of hydrogen-bond acceptors (Lipinski definition) is 4. The molecule has 1 aromatic carbocycles. The Morgan fingerprint density at radius 1 is 1.39 bits per heavy atom. The zero-order chi connectivity index (χ0) is 16.7. The van der Waals surface area contributed by atoms with Gasteiger partial charge in [-0.15, -0.1) is 12.4 Å². The van der Waals surface area contributed by atoms with Crippen molar-refractivity contribution < 1.29 is 14.3 Å². The van der Waals surface area contributed by atoms with Crippen LogP contribution in [0.2, 0.25) is 0 Å². The van der Waals surface area contributed by atoms with Crippen LogP contribution in [0.15, 0.2) is 18.2 Å². The van der Waals surface area contributed by atoms with Gasteiger partial charge in [0.1, 0.15) is 5.54 Å². The van der Waals surface area contributed by atoms with Crippen molar-refractivity contribution in [1.82, 2.24) is 0 Å². The van der Waals surface area contributed by atoms with Gasteiger partial charge in [0.2, 0.25) is 5.91 Å². The summed E-state index contributed by atoms with van der Waals surface area (Å²) in [6.45, 7) is 9.25. The molecule has 0 fully saturated rings. The first-order valence-electron chi connectivity index (χ1n) is 7.49. The molecule has 1 amide bonds. The zero-order valence-electron chi connectivity index (χ0n) is 14.2. The van der Waals surface area contributed by atoms with E-state index < -0.39 is 11.5 Å². The van der Waals surface area contributed by atoms with Crippen LogP contribution in [0.4, 0.5) is 5.69 Å². The molecule has 1 unspecified atom stereocenters. The number of carbonyl (C=O) groups is 2. The lowest BCUT2D eigenvalue weighted by atomic mass is 9.76. The van der Waals surface area contributed by atoms with Crippen LogP contribution in [-0.4, -0.2) is 18.0 Å². The van der Waals surface area contributed by atoms with Gasteiger partial charge in [0.05, 0.1) is 6.10 Å². The smallest absolute Gasteiger partial charge is 0.330 e. The van der Waals surface area contributed by atoms with Gasteiger partial charge in [-0.25, -0.2) is 4.79 Å². The molecule has 128 valence electrons. The van der Waals surface area contributed by atoms with Crippen LogP contribution in [0, 0.1) is 0 Å². The highest BCUT2D eigenvalue weighted by Gasteiger charge is 2.37. The molecule has 1 heterocycles. The number of esters is 1. The number of hydrogen-bond donors (Lipinski definition) is 2. The van der Waals surface area contributed by atoms with Crippen LogP contribution >= 0.6 is 12.4 Å². The molecule has 1 aliphatic heterocycles. The number of rotatable bonds is 3. The van der Waals surface area contributed by atoms with Crippen LogP contribution in [0.5, 0.6) is 0 Å². The predicted molar refractivity (Wildman–Crippen MR) is 92.7 cm³/mol. The van der Waals surface area contributed by atoms with Gasteiger partial charge in [-0.1, -0.05) is 26.0 Å². The Bertz CT molecular complexity index is 624. The highest BCUT2D eigenvalue weighted by atomic mass is 35.5. The summed E-state index contributed by atoms with van der Waals surface area (Å²) in [6.07, 6.45) is 0.185. The molecule has 0 aliphatic carbocycles. The fourth-order valence-electron chi connectivity index (χ4n) is 2.68. The maximum absolute atomic E-state index is 12.2. The molecule has 6 heteroatoms. The van der Waals surface area contributed by atoms with Crippen molar-refractivity contribution in [3.05, 3.63) is 29.3 Å². The topological polar surface area (TPSA) is 81.4 Å². The molecular formula is C17H25ClN2O3. The minimum Gasteiger partial charge on any atom is -0.461 e. The molecule has 1 aromatic rings. The van der Waals surface area contributed by atoms with E-state index in [0.29, 0.717) is 12.0 Å². The van der Waals surface area contributed by atoms with E-state index in [1.807, 2.05) is 19.9 Å². The summed E-state index contributed by atoms with van der Waals surface area (Å²) < 4.78 is 5.25. The first-order valence-corrected chi connectivity index (χ1v) is 7.49. The number of halogens is 1. The van der Waals surface area contributed by atoms with Crippen molar-refractivity contribution in [1.29, 1.82) is 0 Å². The van der Waals surface area contributed by atoms with Crippen molar-refractivity contribution in [3.63, 3.8) is 0 Å². The second-order valence-corrected chi connectivity index (χ2v) is 7.03. The lowest BCUT2D eigenvalue weighted by molar-refractivity contribution is -0.153. The van der Waals surface area contributed by atoms with E-state index in [9.17, 15) is 9.59 Å². The lowest BCUT2D eigenvalue weighted by Gasteiger charge is -2.34. The summed E-state index contributed by atoms with van der Waals surface area (Å²) in [5.41, 5.74) is 7.13. The Morgan fingerprint density at radius 3 is 2.57 bits per heavy atom. The van der Waals surface area contributed by atoms with Crippen molar-refractivity contribution in [2.24, 2.45) is 5.73 Å². The van der Waals surface area contributed by atoms with E-state index in [0.717, 1.165) is 11.3 Å². The minimum atomic E-state index is -1.23. The van der Waals surface area contributed by atoms with E-state index in [1.165, 1.54) is 0 Å². The summed E-state index contributed by atoms with van der Waals surface area (Å²) in [5.74, 6) is -0.458. The van der Waals surface area contributed by atoms with Gasteiger partial charge in [-0.05, 0) is 38.0 Å². The third kappa shape index (κ3) is 3.85. The monoisotopic (exact) mass is 340 g/mol. The molecule has 2 rings (SSSR count). The third-order valence-electron chi connectivity index (χ3n) is 3.99. The van der Waals surface area contributed by atoms with Gasteiger partial charge < -0.3 is 15.8 Å². The van der Waals surface area contributed by atoms with Crippen molar-refractivity contribution in [2.75, 3.05) is 5.32 Å². The number of ether oxygens (including phenoxy) is 1. The molecule has 0 radical (unpaired) electrons. The summed E-state index contributed by atoms with van der Waals surface area (Å²) in [5, 5.41) is 2.86. The fraction of sp³-hybridized carbons (Fsp3) is 0.529. The molecule has 5 nitrogen and oxygen atoms in total. The van der Waals surface area contributed by atoms with Gasteiger partial charge in [0, 0.05) is 17.5 Å². The normalized spacial score (nSPS) is 18.3. The average Bonchev–Trinajstić information content (AvgIpc) is 2.36. The number of fused-ring (bicyclic) bond motifs is 1. The van der Waals surface area contributed by atoms with E-state index in [-0.39, 0.29) is 29.8 Å². The van der Waals surface area contributed by atoms with Crippen LogP contribution in [0.3, 0.4) is 0 Å². The Balaban J connectivity index is 0.00000264. The van der Waals surface area contributed by atoms with Gasteiger partial charge in [-0.3, -0.25) is 4.79 Å². The molecule has 1 aliphatic rings. The largest absolute Gasteiger partial charge is 0.461 e. The first-order chi connectivity index (χ1) is 10.0. The van der Waals surface area contributed by atoms with E-state index in [4.69, 9.17) is 10.5 Å². The second kappa shape index (κ2) is 6.49. The molecular weight excluding hydrogens is 316 g/mol. The number of benzene rings is 1. The Kier molecular flexibility index (Phi) is 5.49. The third-order valence-corrected chi connectivity index (χ3v) is 3.99. The molecule has 0 saturated carbocycles. The molecule has 0 bridgehead atoms. The lowest BCUT2D eigenvalue weighted by Crippen LogP contribution is -2.44. The van der Waals surface area contributed by atoms with Crippen LogP contribution in [0.1, 0.15) is 52.2 Å². The maximum Gasteiger partial charge on any atom is 0.330 e. The molecule has 3 N–H and O–H groups in total. The summed E-state index contributed by atoms with van der Waals surface area (Å²) in [6, 6.07) is 5.47. The maximum atomic E-state index is 12.2. The quantitative estimate of drug-likeness (QED) is 0.829. The summed E-state index contributed by atoms with van der Waals surface area (Å²) >= 11 is 0. The SMILES string of the molecule is CC(C)OC(=O)C(C)(N)c1ccc2c(c1)C(C)(C)CC(=O)N2.Cl. The van der Waals surface area contributed by atoms with Crippen molar-refractivity contribution in [3.8, 4) is 0 Å². The number of nitrogens with two attached hydrogens (primary N) is 1. The first kappa shape index (κ1) is 19.5. The van der Waals surface area contributed by atoms with E-state index in [2.05, 4.69) is 5.32 Å². The van der Waals surface area contributed by atoms with Crippen molar-refractivity contribution in [2.45, 2.75) is 58.1 Å². The average molecular weight is 341 g/mol. The standard InChI is InChI=1S/C17H24N2O3.ClH/c1-10(2)22-15(21)17(5,18)11-6-7-13-12(8-11)16(3,4)9-14(20)19-13;/h6-8,10H,9,18H2,1-5H3,(H,19,20);1H. The highest BCUT2D eigenvalue weighted by Crippen LogP contribution is 2.39. The second-order valence-electron chi connectivity index (χ2n) is 7.03. The van der Waals surface area contributed by atoms with Gasteiger partial charge in [0.25, 0.3) is 0 Å². The van der Waals surface area contributed by atoms with Crippen LogP contribution in [-0.2, 0) is 25.3 Å². The van der Waals surface area contributed by atoms with E-state index in [1.54, 1.807) is 32.9 Å². The van der Waals surface area contributed by atoms with Gasteiger partial charge in [-0.2, -0.15) is 0 Å².